The van der Waals surface area contributed by atoms with E-state index in [2.05, 4.69) is 11.1 Å². The van der Waals surface area contributed by atoms with Crippen LogP contribution >= 0.6 is 0 Å². The molecule has 0 aliphatic rings. The van der Waals surface area contributed by atoms with Crippen molar-refractivity contribution in [3.8, 4) is 18.0 Å². The van der Waals surface area contributed by atoms with Crippen LogP contribution in [0.2, 0.25) is 0 Å². The van der Waals surface area contributed by atoms with Gasteiger partial charge in [0.25, 0.3) is 0 Å². The van der Waals surface area contributed by atoms with Gasteiger partial charge in [0.15, 0.2) is 0 Å². The van der Waals surface area contributed by atoms with Gasteiger partial charge >= 0.3 is 0 Å². The lowest BCUT2D eigenvalue weighted by Crippen LogP contribution is -2.03. The Balaban J connectivity index is 2.79. The predicted molar refractivity (Wildman–Crippen MR) is 58.8 cm³/mol. The Kier molecular flexibility index (Phi) is 4.29. The number of nitriles is 2. The number of hydrogen-bond acceptors (Lipinski definition) is 4. The number of rotatable bonds is 4. The number of unbranched alkanes of at least 4 members (excludes halogenated alkanes) is 1. The molecule has 0 spiro atoms. The molecule has 4 heteroatoms. The molecular weight excluding hydrogens is 202 g/mol. The molecule has 1 rings (SSSR count). The molecule has 0 aliphatic heterocycles. The van der Waals surface area contributed by atoms with E-state index in [0.717, 1.165) is 11.3 Å². The van der Waals surface area contributed by atoms with Crippen molar-refractivity contribution in [1.82, 2.24) is 4.98 Å². The van der Waals surface area contributed by atoms with Crippen LogP contribution in [0.25, 0.3) is 0 Å². The maximum Gasteiger partial charge on any atom is 0.232 e. The minimum Gasteiger partial charge on any atom is -0.477 e. The lowest BCUT2D eigenvalue weighted by molar-refractivity contribution is 0.299. The average Bonchev–Trinajstić information content (AvgIpc) is 2.24. The van der Waals surface area contributed by atoms with Gasteiger partial charge in [-0.2, -0.15) is 10.5 Å². The van der Waals surface area contributed by atoms with Crippen molar-refractivity contribution >= 4 is 0 Å². The molecule has 0 radical (unpaired) electrons. The summed E-state index contributed by atoms with van der Waals surface area (Å²) in [7, 11) is 0. The molecule has 0 saturated carbocycles. The average molecular weight is 215 g/mol. The fraction of sp³-hybridized carbons (Fsp3) is 0.417. The van der Waals surface area contributed by atoms with Crippen molar-refractivity contribution < 1.29 is 4.74 Å². The highest BCUT2D eigenvalue weighted by molar-refractivity contribution is 5.45. The zero-order chi connectivity index (χ0) is 12.0. The van der Waals surface area contributed by atoms with Gasteiger partial charge in [0.2, 0.25) is 5.88 Å². The molecule has 0 unspecified atom stereocenters. The smallest absolute Gasteiger partial charge is 0.232 e. The number of hydrogen-bond donors (Lipinski definition) is 0. The summed E-state index contributed by atoms with van der Waals surface area (Å²) in [5, 5.41) is 17.3. The molecular formula is C12H13N3O. The van der Waals surface area contributed by atoms with Gasteiger partial charge in [-0.1, -0.05) is 0 Å². The van der Waals surface area contributed by atoms with Crippen molar-refractivity contribution in [2.75, 3.05) is 6.61 Å². The first-order valence-corrected chi connectivity index (χ1v) is 5.07. The summed E-state index contributed by atoms with van der Waals surface area (Å²) in [6, 6.07) is 5.97. The lowest BCUT2D eigenvalue weighted by Gasteiger charge is -2.08. The first-order valence-electron chi connectivity index (χ1n) is 5.07. The van der Waals surface area contributed by atoms with Gasteiger partial charge in [-0.05, 0) is 31.9 Å². The largest absolute Gasteiger partial charge is 0.477 e. The molecule has 16 heavy (non-hydrogen) atoms. The van der Waals surface area contributed by atoms with E-state index >= 15 is 0 Å². The van der Waals surface area contributed by atoms with E-state index in [4.69, 9.17) is 15.3 Å². The van der Waals surface area contributed by atoms with Gasteiger partial charge in [0.1, 0.15) is 11.6 Å². The first-order chi connectivity index (χ1) is 7.69. The van der Waals surface area contributed by atoms with Crippen molar-refractivity contribution in [3.05, 3.63) is 22.9 Å². The van der Waals surface area contributed by atoms with Crippen LogP contribution in [-0.4, -0.2) is 11.6 Å². The molecule has 1 heterocycles. The molecule has 0 bridgehead atoms. The van der Waals surface area contributed by atoms with Crippen LogP contribution in [0, 0.1) is 36.5 Å². The molecule has 82 valence electrons. The SMILES string of the molecule is Cc1cc(C)c(C#N)c(OCCCC#N)n1. The Hall–Kier alpha value is -2.07. The van der Waals surface area contributed by atoms with E-state index in [1.807, 2.05) is 26.0 Å². The van der Waals surface area contributed by atoms with Gasteiger partial charge in [-0.25, -0.2) is 4.98 Å². The van der Waals surface area contributed by atoms with Gasteiger partial charge in [-0.15, -0.1) is 0 Å². The number of aromatic nitrogens is 1. The quantitative estimate of drug-likeness (QED) is 0.722. The maximum atomic E-state index is 8.97. The van der Waals surface area contributed by atoms with E-state index in [1.54, 1.807) is 0 Å². The van der Waals surface area contributed by atoms with E-state index in [1.165, 1.54) is 0 Å². The molecule has 0 atom stereocenters. The molecule has 4 nitrogen and oxygen atoms in total. The highest BCUT2D eigenvalue weighted by Gasteiger charge is 2.09. The fourth-order valence-electron chi connectivity index (χ4n) is 1.36. The number of aryl methyl sites for hydroxylation is 2. The third kappa shape index (κ3) is 2.96. The fourth-order valence-corrected chi connectivity index (χ4v) is 1.36. The van der Waals surface area contributed by atoms with E-state index in [-0.39, 0.29) is 0 Å². The highest BCUT2D eigenvalue weighted by Crippen LogP contribution is 2.19. The van der Waals surface area contributed by atoms with E-state index in [0.29, 0.717) is 30.9 Å². The number of nitrogens with zero attached hydrogens (tertiary/aromatic N) is 3. The van der Waals surface area contributed by atoms with Crippen LogP contribution in [0.5, 0.6) is 5.88 Å². The van der Waals surface area contributed by atoms with Crippen LogP contribution < -0.4 is 4.74 Å². The molecule has 0 aromatic carbocycles. The zero-order valence-electron chi connectivity index (χ0n) is 9.45. The summed E-state index contributed by atoms with van der Waals surface area (Å²) in [5.74, 6) is 0.373. The summed E-state index contributed by atoms with van der Waals surface area (Å²) in [6.07, 6.45) is 1.10. The highest BCUT2D eigenvalue weighted by atomic mass is 16.5. The maximum absolute atomic E-state index is 8.97. The van der Waals surface area contributed by atoms with Crippen molar-refractivity contribution in [2.24, 2.45) is 0 Å². The first kappa shape index (κ1) is 12.0. The second-order valence-electron chi connectivity index (χ2n) is 3.48. The number of ether oxygens (including phenoxy) is 1. The summed E-state index contributed by atoms with van der Waals surface area (Å²) in [4.78, 5) is 4.17. The number of pyridine rings is 1. The third-order valence-corrected chi connectivity index (χ3v) is 2.09. The van der Waals surface area contributed by atoms with Gasteiger partial charge in [-0.3, -0.25) is 0 Å². The van der Waals surface area contributed by atoms with Crippen LogP contribution in [0.3, 0.4) is 0 Å². The normalized spacial score (nSPS) is 9.25. The Morgan fingerprint density at radius 3 is 2.75 bits per heavy atom. The van der Waals surface area contributed by atoms with E-state index < -0.39 is 0 Å². The second kappa shape index (κ2) is 5.72. The minimum absolute atomic E-state index is 0.373. The summed E-state index contributed by atoms with van der Waals surface area (Å²) in [5.41, 5.74) is 2.17. The molecule has 0 saturated heterocycles. The molecule has 1 aromatic heterocycles. The Morgan fingerprint density at radius 1 is 1.38 bits per heavy atom. The monoisotopic (exact) mass is 215 g/mol. The summed E-state index contributed by atoms with van der Waals surface area (Å²) < 4.78 is 5.41. The Bertz CT molecular complexity index is 455. The zero-order valence-corrected chi connectivity index (χ0v) is 9.45. The molecule has 1 aromatic rings. The van der Waals surface area contributed by atoms with Gasteiger partial charge in [0, 0.05) is 12.1 Å². The van der Waals surface area contributed by atoms with Crippen molar-refractivity contribution in [3.63, 3.8) is 0 Å². The topological polar surface area (TPSA) is 69.7 Å². The standard InChI is InChI=1S/C12H13N3O/c1-9-7-10(2)15-12(11(9)8-14)16-6-4-3-5-13/h7H,3-4,6H2,1-2H3. The second-order valence-corrected chi connectivity index (χ2v) is 3.48. The van der Waals surface area contributed by atoms with Crippen LogP contribution in [0.4, 0.5) is 0 Å². The van der Waals surface area contributed by atoms with E-state index in [9.17, 15) is 0 Å². The molecule has 0 N–H and O–H groups in total. The molecule has 0 amide bonds. The summed E-state index contributed by atoms with van der Waals surface area (Å²) in [6.45, 7) is 4.13. The third-order valence-electron chi connectivity index (χ3n) is 2.09. The van der Waals surface area contributed by atoms with Crippen LogP contribution in [-0.2, 0) is 0 Å². The van der Waals surface area contributed by atoms with Gasteiger partial charge < -0.3 is 4.74 Å². The van der Waals surface area contributed by atoms with Gasteiger partial charge in [0.05, 0.1) is 12.7 Å². The lowest BCUT2D eigenvalue weighted by atomic mass is 10.1. The van der Waals surface area contributed by atoms with Crippen molar-refractivity contribution in [2.45, 2.75) is 26.7 Å². The minimum atomic E-state index is 0.373. The molecule has 0 fully saturated rings. The van der Waals surface area contributed by atoms with Crippen LogP contribution in [0.15, 0.2) is 6.07 Å². The predicted octanol–water partition coefficient (Wildman–Crippen LogP) is 2.25. The Labute approximate surface area is 95.1 Å². The van der Waals surface area contributed by atoms with Crippen molar-refractivity contribution in [1.29, 1.82) is 10.5 Å². The molecule has 0 aliphatic carbocycles. The summed E-state index contributed by atoms with van der Waals surface area (Å²) >= 11 is 0. The Morgan fingerprint density at radius 2 is 2.12 bits per heavy atom. The van der Waals surface area contributed by atoms with Crippen LogP contribution in [0.1, 0.15) is 29.7 Å².